The van der Waals surface area contributed by atoms with E-state index in [0.717, 1.165) is 61.7 Å². The Morgan fingerprint density at radius 2 is 1.54 bits per heavy atom. The molecule has 2 N–H and O–H groups in total. The summed E-state index contributed by atoms with van der Waals surface area (Å²) in [4.78, 5) is 23.1. The summed E-state index contributed by atoms with van der Waals surface area (Å²) in [6.07, 6.45) is 6.65. The first-order valence-electron chi connectivity index (χ1n) is 19.3. The maximum absolute atomic E-state index is 13.6. The maximum Gasteiger partial charge on any atom is 0.332 e. The van der Waals surface area contributed by atoms with E-state index >= 15 is 0 Å². The standard InChI is InChI=1S/C37H57N7O9S/c1-3-5-14-38-37-39-27-33-35(41-44(36(33)40-37)30-8-10-31(45)11-9-30)29-6-12-32(13-7-29)54(47,48)43-17-15-42(16-18-43)19-20-49-21-22-50-23-24-51-25-26-52-28-34(46)53-4-2/h6-7,12-13,27,30-31,45H,3-5,8-11,14-26,28H2,1-2H3,(H,38,39,40). The fourth-order valence-corrected chi connectivity index (χ4v) is 7.92. The lowest BCUT2D eigenvalue weighted by Gasteiger charge is -2.33. The first-order chi connectivity index (χ1) is 26.3. The Hall–Kier alpha value is -3.29. The Labute approximate surface area is 318 Å². The molecule has 2 fully saturated rings. The van der Waals surface area contributed by atoms with Gasteiger partial charge in [0, 0.05) is 51.0 Å². The van der Waals surface area contributed by atoms with Crippen molar-refractivity contribution in [1.29, 1.82) is 0 Å². The SMILES string of the molecule is CCCCNc1ncc2c(-c3ccc(S(=O)(=O)N4CCN(CCOCCOCCOCCOCC(=O)OCC)CC4)cc3)nn(C3CCC(O)CC3)c2n1. The molecular formula is C37H57N7O9S. The van der Waals surface area contributed by atoms with Crippen LogP contribution in [0, 0.1) is 0 Å². The van der Waals surface area contributed by atoms with E-state index in [0.29, 0.717) is 97.2 Å². The normalized spacial score (nSPS) is 18.6. The molecule has 0 spiro atoms. The highest BCUT2D eigenvalue weighted by molar-refractivity contribution is 7.89. The first-order valence-corrected chi connectivity index (χ1v) is 20.7. The molecule has 17 heteroatoms. The van der Waals surface area contributed by atoms with Gasteiger partial charge in [-0.25, -0.2) is 22.9 Å². The molecule has 300 valence electrons. The van der Waals surface area contributed by atoms with Crippen LogP contribution in [0.2, 0.25) is 0 Å². The van der Waals surface area contributed by atoms with Crippen molar-refractivity contribution in [2.24, 2.45) is 0 Å². The van der Waals surface area contributed by atoms with Crippen molar-refractivity contribution >= 4 is 33.0 Å². The summed E-state index contributed by atoms with van der Waals surface area (Å²) in [6.45, 7) is 10.6. The van der Waals surface area contributed by atoms with E-state index in [1.165, 1.54) is 0 Å². The average Bonchev–Trinajstić information content (AvgIpc) is 3.56. The van der Waals surface area contributed by atoms with Gasteiger partial charge in [-0.15, -0.1) is 0 Å². The molecule has 3 aromatic rings. The molecule has 2 aliphatic rings. The van der Waals surface area contributed by atoms with Gasteiger partial charge >= 0.3 is 5.97 Å². The molecule has 54 heavy (non-hydrogen) atoms. The minimum Gasteiger partial charge on any atom is -0.464 e. The second-order valence-corrected chi connectivity index (χ2v) is 15.4. The van der Waals surface area contributed by atoms with Crippen LogP contribution in [0.4, 0.5) is 5.95 Å². The summed E-state index contributed by atoms with van der Waals surface area (Å²) < 4.78 is 57.4. The van der Waals surface area contributed by atoms with E-state index < -0.39 is 10.0 Å². The van der Waals surface area contributed by atoms with Gasteiger partial charge in [0.2, 0.25) is 16.0 Å². The van der Waals surface area contributed by atoms with E-state index in [1.54, 1.807) is 29.6 Å². The van der Waals surface area contributed by atoms with E-state index in [1.807, 2.05) is 16.8 Å². The highest BCUT2D eigenvalue weighted by Gasteiger charge is 2.29. The molecular weight excluding hydrogens is 719 g/mol. The molecule has 0 unspecified atom stereocenters. The lowest BCUT2D eigenvalue weighted by Crippen LogP contribution is -2.49. The van der Waals surface area contributed by atoms with Crippen LogP contribution in [0.5, 0.6) is 0 Å². The molecule has 0 atom stereocenters. The lowest BCUT2D eigenvalue weighted by molar-refractivity contribution is -0.149. The molecule has 0 bridgehead atoms. The van der Waals surface area contributed by atoms with Gasteiger partial charge in [0.15, 0.2) is 5.65 Å². The maximum atomic E-state index is 13.6. The van der Waals surface area contributed by atoms with Crippen molar-refractivity contribution in [3.63, 3.8) is 0 Å². The smallest absolute Gasteiger partial charge is 0.332 e. The van der Waals surface area contributed by atoms with Crippen LogP contribution in [0.1, 0.15) is 58.4 Å². The third-order valence-corrected chi connectivity index (χ3v) is 11.5. The third kappa shape index (κ3) is 12.1. The van der Waals surface area contributed by atoms with Crippen LogP contribution in [0.15, 0.2) is 35.4 Å². The van der Waals surface area contributed by atoms with Crippen LogP contribution in [0.25, 0.3) is 22.3 Å². The number of nitrogens with zero attached hydrogens (tertiary/aromatic N) is 6. The summed E-state index contributed by atoms with van der Waals surface area (Å²) >= 11 is 0. The number of unbranched alkanes of at least 4 members (excludes halogenated alkanes) is 1. The van der Waals surface area contributed by atoms with Crippen LogP contribution in [-0.2, 0) is 38.5 Å². The molecule has 1 saturated heterocycles. The van der Waals surface area contributed by atoms with Gasteiger partial charge in [-0.05, 0) is 51.2 Å². The Bertz CT molecular complexity index is 1680. The zero-order valence-corrected chi connectivity index (χ0v) is 32.5. The fraction of sp³-hybridized carbons (Fsp3) is 0.676. The number of benzene rings is 1. The number of aliphatic hydroxyl groups excluding tert-OH is 1. The minimum absolute atomic E-state index is 0.0774. The molecule has 2 aromatic heterocycles. The second kappa shape index (κ2) is 21.7. The van der Waals surface area contributed by atoms with Gasteiger partial charge in [-0.1, -0.05) is 25.5 Å². The largest absolute Gasteiger partial charge is 0.464 e. The van der Waals surface area contributed by atoms with Crippen molar-refractivity contribution in [3.05, 3.63) is 30.5 Å². The number of fused-ring (bicyclic) bond motifs is 1. The molecule has 0 amide bonds. The fourth-order valence-electron chi connectivity index (χ4n) is 6.50. The Morgan fingerprint density at radius 3 is 2.19 bits per heavy atom. The summed E-state index contributed by atoms with van der Waals surface area (Å²) in [5.41, 5.74) is 2.24. The summed E-state index contributed by atoms with van der Waals surface area (Å²) in [6, 6.07) is 7.06. The topological polar surface area (TPSA) is 180 Å². The predicted octanol–water partition coefficient (Wildman–Crippen LogP) is 3.12. The van der Waals surface area contributed by atoms with Crippen LogP contribution in [-0.4, -0.2) is 153 Å². The Balaban J connectivity index is 1.05. The zero-order valence-electron chi connectivity index (χ0n) is 31.7. The first kappa shape index (κ1) is 41.9. The molecule has 1 aliphatic carbocycles. The third-order valence-electron chi connectivity index (χ3n) is 9.56. The van der Waals surface area contributed by atoms with Crippen LogP contribution in [0.3, 0.4) is 0 Å². The number of hydrogen-bond acceptors (Lipinski definition) is 14. The highest BCUT2D eigenvalue weighted by Crippen LogP contribution is 2.35. The summed E-state index contributed by atoms with van der Waals surface area (Å²) in [5, 5.41) is 19.2. The average molecular weight is 776 g/mol. The van der Waals surface area contributed by atoms with Crippen molar-refractivity contribution < 1.29 is 42.0 Å². The summed E-state index contributed by atoms with van der Waals surface area (Å²) in [5.74, 6) is 0.176. The molecule has 5 rings (SSSR count). The van der Waals surface area contributed by atoms with Gasteiger partial charge in [0.25, 0.3) is 0 Å². The van der Waals surface area contributed by atoms with Crippen LogP contribution < -0.4 is 5.32 Å². The molecule has 0 radical (unpaired) electrons. The Kier molecular flexibility index (Phi) is 16.8. The predicted molar refractivity (Wildman–Crippen MR) is 203 cm³/mol. The second-order valence-electron chi connectivity index (χ2n) is 13.4. The van der Waals surface area contributed by atoms with E-state index in [2.05, 4.69) is 22.1 Å². The molecule has 3 heterocycles. The number of esters is 1. The monoisotopic (exact) mass is 775 g/mol. The number of hydrogen-bond donors (Lipinski definition) is 2. The van der Waals surface area contributed by atoms with E-state index in [4.69, 9.17) is 33.8 Å². The molecule has 1 saturated carbocycles. The number of anilines is 1. The quantitative estimate of drug-likeness (QED) is 0.106. The zero-order chi connectivity index (χ0) is 38.2. The highest BCUT2D eigenvalue weighted by atomic mass is 32.2. The van der Waals surface area contributed by atoms with Crippen molar-refractivity contribution in [3.8, 4) is 11.3 Å². The van der Waals surface area contributed by atoms with Gasteiger partial charge in [-0.2, -0.15) is 14.4 Å². The van der Waals surface area contributed by atoms with Crippen molar-refractivity contribution in [1.82, 2.24) is 29.0 Å². The number of carbonyl (C=O) groups is 1. The van der Waals surface area contributed by atoms with Crippen molar-refractivity contribution in [2.75, 3.05) is 104 Å². The number of carbonyl (C=O) groups excluding carboxylic acids is 1. The lowest BCUT2D eigenvalue weighted by atomic mass is 9.93. The van der Waals surface area contributed by atoms with Crippen LogP contribution >= 0.6 is 0 Å². The molecule has 16 nitrogen and oxygen atoms in total. The number of aliphatic hydroxyl groups is 1. The Morgan fingerprint density at radius 1 is 0.889 bits per heavy atom. The molecule has 1 aliphatic heterocycles. The van der Waals surface area contributed by atoms with Gasteiger partial charge in [0.1, 0.15) is 12.3 Å². The van der Waals surface area contributed by atoms with Gasteiger partial charge < -0.3 is 34.1 Å². The van der Waals surface area contributed by atoms with Gasteiger partial charge in [0.05, 0.1) is 75.3 Å². The van der Waals surface area contributed by atoms with Crippen molar-refractivity contribution in [2.45, 2.75) is 69.4 Å². The minimum atomic E-state index is -3.67. The number of piperazine rings is 1. The number of nitrogens with one attached hydrogen (secondary N) is 1. The molecule has 1 aromatic carbocycles. The summed E-state index contributed by atoms with van der Waals surface area (Å²) in [7, 11) is -3.67. The number of ether oxygens (including phenoxy) is 5. The number of rotatable bonds is 23. The number of aromatic nitrogens is 4. The van der Waals surface area contributed by atoms with E-state index in [-0.39, 0.29) is 29.6 Å². The number of sulfonamides is 1. The van der Waals surface area contributed by atoms with E-state index in [9.17, 15) is 18.3 Å². The van der Waals surface area contributed by atoms with Gasteiger partial charge in [-0.3, -0.25) is 4.90 Å².